The van der Waals surface area contributed by atoms with Gasteiger partial charge in [-0.2, -0.15) is 0 Å². The van der Waals surface area contributed by atoms with E-state index in [1.54, 1.807) is 6.20 Å². The molecule has 0 bridgehead atoms. The lowest BCUT2D eigenvalue weighted by Gasteiger charge is -2.18. The van der Waals surface area contributed by atoms with Crippen molar-refractivity contribution >= 4 is 45.2 Å². The molecule has 14 heavy (non-hydrogen) atoms. The normalized spacial score (nSPS) is 11.1. The minimum absolute atomic E-state index is 0.469. The number of carbonyl (C=O) groups is 1. The topological polar surface area (TPSA) is 51.2 Å². The molecule has 0 aliphatic rings. The number of ether oxygens (including phenoxy) is 1. The van der Waals surface area contributed by atoms with Crippen molar-refractivity contribution in [3.63, 3.8) is 0 Å². The summed E-state index contributed by atoms with van der Waals surface area (Å²) in [6.45, 7) is 5.45. The van der Waals surface area contributed by atoms with Gasteiger partial charge in [0.2, 0.25) is 0 Å². The summed E-state index contributed by atoms with van der Waals surface area (Å²) in [5.74, 6) is 0. The van der Waals surface area contributed by atoms with Gasteiger partial charge < -0.3 is 4.74 Å². The van der Waals surface area contributed by atoms with E-state index in [0.717, 1.165) is 2.88 Å². The van der Waals surface area contributed by atoms with Gasteiger partial charge in [-0.1, -0.05) is 11.3 Å². The second kappa shape index (κ2) is 4.43. The van der Waals surface area contributed by atoms with Gasteiger partial charge in [0.1, 0.15) is 5.60 Å². The molecule has 1 rings (SSSR count). The Morgan fingerprint density at radius 1 is 1.64 bits per heavy atom. The van der Waals surface area contributed by atoms with Crippen LogP contribution in [-0.4, -0.2) is 16.7 Å². The standard InChI is InChI=1S/C8H11IN2O2S/c1-8(2,3)13-7(12)11-6-10-4-5(9)14-6/h4H,1-3H3,(H,10,11,12). The maximum atomic E-state index is 11.3. The summed E-state index contributed by atoms with van der Waals surface area (Å²) in [6, 6.07) is 0. The molecule has 1 heterocycles. The minimum Gasteiger partial charge on any atom is -0.444 e. The zero-order chi connectivity index (χ0) is 10.8. The fraction of sp³-hybridized carbons (Fsp3) is 0.500. The summed E-state index contributed by atoms with van der Waals surface area (Å²) in [6.07, 6.45) is 1.22. The number of hydrogen-bond acceptors (Lipinski definition) is 4. The van der Waals surface area contributed by atoms with Crippen molar-refractivity contribution < 1.29 is 9.53 Å². The van der Waals surface area contributed by atoms with Gasteiger partial charge in [-0.05, 0) is 43.4 Å². The number of nitrogens with one attached hydrogen (secondary N) is 1. The first-order chi connectivity index (χ1) is 6.37. The summed E-state index contributed by atoms with van der Waals surface area (Å²) in [5, 5.41) is 3.12. The van der Waals surface area contributed by atoms with Crippen molar-refractivity contribution in [3.8, 4) is 0 Å². The van der Waals surface area contributed by atoms with E-state index in [4.69, 9.17) is 4.74 Å². The number of thiazole rings is 1. The molecule has 4 nitrogen and oxygen atoms in total. The number of nitrogens with zero attached hydrogens (tertiary/aromatic N) is 1. The van der Waals surface area contributed by atoms with Crippen LogP contribution in [0.3, 0.4) is 0 Å². The van der Waals surface area contributed by atoms with Crippen LogP contribution in [0.1, 0.15) is 20.8 Å². The van der Waals surface area contributed by atoms with Crippen molar-refractivity contribution in [2.45, 2.75) is 26.4 Å². The van der Waals surface area contributed by atoms with Crippen molar-refractivity contribution in [3.05, 3.63) is 9.08 Å². The Kier molecular flexibility index (Phi) is 3.71. The second-order valence-electron chi connectivity index (χ2n) is 3.60. The van der Waals surface area contributed by atoms with E-state index in [-0.39, 0.29) is 0 Å². The molecule has 1 N–H and O–H groups in total. The van der Waals surface area contributed by atoms with E-state index in [2.05, 4.69) is 32.9 Å². The quantitative estimate of drug-likeness (QED) is 0.807. The lowest BCUT2D eigenvalue weighted by atomic mass is 10.2. The van der Waals surface area contributed by atoms with Crippen molar-refractivity contribution in [2.24, 2.45) is 0 Å². The largest absolute Gasteiger partial charge is 0.444 e. The van der Waals surface area contributed by atoms with Crippen molar-refractivity contribution in [1.29, 1.82) is 0 Å². The number of amides is 1. The van der Waals surface area contributed by atoms with Gasteiger partial charge in [0.05, 0.1) is 9.08 Å². The minimum atomic E-state index is -0.478. The Labute approximate surface area is 100 Å². The molecule has 0 radical (unpaired) electrons. The molecular weight excluding hydrogens is 315 g/mol. The number of anilines is 1. The predicted molar refractivity (Wildman–Crippen MR) is 64.7 cm³/mol. The highest BCUT2D eigenvalue weighted by molar-refractivity contribution is 14.1. The first-order valence-electron chi connectivity index (χ1n) is 3.98. The molecule has 0 atom stereocenters. The summed E-state index contributed by atoms with van der Waals surface area (Å²) in [5.41, 5.74) is -0.478. The Balaban J connectivity index is 2.50. The molecule has 6 heteroatoms. The first-order valence-corrected chi connectivity index (χ1v) is 5.88. The van der Waals surface area contributed by atoms with Crippen LogP contribution in [0.25, 0.3) is 0 Å². The molecule has 0 aliphatic heterocycles. The first kappa shape index (κ1) is 11.7. The van der Waals surface area contributed by atoms with E-state index in [1.165, 1.54) is 11.3 Å². The maximum absolute atomic E-state index is 11.3. The van der Waals surface area contributed by atoms with Crippen LogP contribution < -0.4 is 5.32 Å². The van der Waals surface area contributed by atoms with E-state index in [1.807, 2.05) is 20.8 Å². The molecule has 0 spiro atoms. The summed E-state index contributed by atoms with van der Waals surface area (Å²) in [7, 11) is 0. The zero-order valence-corrected chi connectivity index (χ0v) is 11.1. The molecule has 0 fully saturated rings. The number of hydrogen-bond donors (Lipinski definition) is 1. The van der Waals surface area contributed by atoms with Crippen LogP contribution in [0.15, 0.2) is 6.20 Å². The Morgan fingerprint density at radius 3 is 2.71 bits per heavy atom. The van der Waals surface area contributed by atoms with Gasteiger partial charge in [0.25, 0.3) is 0 Å². The van der Waals surface area contributed by atoms with Crippen LogP contribution >= 0.6 is 33.9 Å². The van der Waals surface area contributed by atoms with E-state index in [9.17, 15) is 4.79 Å². The SMILES string of the molecule is CC(C)(C)OC(=O)Nc1ncc(I)s1. The maximum Gasteiger partial charge on any atom is 0.413 e. The molecule has 0 aromatic carbocycles. The monoisotopic (exact) mass is 326 g/mol. The smallest absolute Gasteiger partial charge is 0.413 e. The fourth-order valence-corrected chi connectivity index (χ4v) is 2.00. The lowest BCUT2D eigenvalue weighted by Crippen LogP contribution is -2.27. The number of halogens is 1. The molecule has 1 amide bonds. The third-order valence-electron chi connectivity index (χ3n) is 1.09. The second-order valence-corrected chi connectivity index (χ2v) is 6.52. The molecule has 0 aliphatic carbocycles. The van der Waals surface area contributed by atoms with Crippen molar-refractivity contribution in [2.75, 3.05) is 5.32 Å². The average molecular weight is 326 g/mol. The molecule has 0 saturated carbocycles. The van der Waals surface area contributed by atoms with Crippen LogP contribution in [-0.2, 0) is 4.74 Å². The van der Waals surface area contributed by atoms with E-state index >= 15 is 0 Å². The third kappa shape index (κ3) is 4.23. The molecule has 0 unspecified atom stereocenters. The molecule has 1 aromatic rings. The van der Waals surface area contributed by atoms with E-state index < -0.39 is 11.7 Å². The van der Waals surface area contributed by atoms with Gasteiger partial charge in [-0.3, -0.25) is 5.32 Å². The van der Waals surface area contributed by atoms with Gasteiger partial charge >= 0.3 is 6.09 Å². The number of aromatic nitrogens is 1. The highest BCUT2D eigenvalue weighted by Gasteiger charge is 2.16. The molecule has 0 saturated heterocycles. The highest BCUT2D eigenvalue weighted by Crippen LogP contribution is 2.20. The van der Waals surface area contributed by atoms with Gasteiger partial charge in [-0.15, -0.1) is 0 Å². The zero-order valence-electron chi connectivity index (χ0n) is 8.13. The molecule has 78 valence electrons. The van der Waals surface area contributed by atoms with Gasteiger partial charge in [0, 0.05) is 0 Å². The van der Waals surface area contributed by atoms with Crippen LogP contribution in [0.2, 0.25) is 0 Å². The fourth-order valence-electron chi connectivity index (χ4n) is 0.703. The van der Waals surface area contributed by atoms with Crippen molar-refractivity contribution in [1.82, 2.24) is 4.98 Å². The Morgan fingerprint density at radius 2 is 2.29 bits per heavy atom. The summed E-state index contributed by atoms with van der Waals surface area (Å²) < 4.78 is 6.09. The van der Waals surface area contributed by atoms with Crippen LogP contribution in [0.4, 0.5) is 9.93 Å². The van der Waals surface area contributed by atoms with Crippen LogP contribution in [0, 0.1) is 2.88 Å². The summed E-state index contributed by atoms with van der Waals surface area (Å²) in [4.78, 5) is 15.3. The van der Waals surface area contributed by atoms with Gasteiger partial charge in [-0.25, -0.2) is 9.78 Å². The lowest BCUT2D eigenvalue weighted by molar-refractivity contribution is 0.0636. The number of rotatable bonds is 1. The third-order valence-corrected chi connectivity index (χ3v) is 2.73. The van der Waals surface area contributed by atoms with Gasteiger partial charge in [0.15, 0.2) is 5.13 Å². The number of carbonyl (C=O) groups excluding carboxylic acids is 1. The molecular formula is C8H11IN2O2S. The summed E-state index contributed by atoms with van der Waals surface area (Å²) >= 11 is 3.55. The Bertz CT molecular complexity index is 332. The highest BCUT2D eigenvalue weighted by atomic mass is 127. The van der Waals surface area contributed by atoms with Crippen LogP contribution in [0.5, 0.6) is 0 Å². The van der Waals surface area contributed by atoms with E-state index in [0.29, 0.717) is 5.13 Å². The Hall–Kier alpha value is -0.370. The predicted octanol–water partition coefficient (Wildman–Crippen LogP) is 3.09. The average Bonchev–Trinajstić information content (AvgIpc) is 2.30. The molecule has 1 aromatic heterocycles.